The topological polar surface area (TPSA) is 35.6 Å². The Kier molecular flexibility index (Phi) is 7.86. The zero-order valence-electron chi connectivity index (χ0n) is 26.1. The average molecular weight is 605 g/mol. The third-order valence-electron chi connectivity index (χ3n) is 8.22. The van der Waals surface area contributed by atoms with Crippen molar-refractivity contribution in [3.8, 4) is 34.2 Å². The van der Waals surface area contributed by atoms with Crippen LogP contribution in [0.3, 0.4) is 0 Å². The Morgan fingerprint density at radius 3 is 1.87 bits per heavy atom. The van der Waals surface area contributed by atoms with Gasteiger partial charge in [0.25, 0.3) is 0 Å². The van der Waals surface area contributed by atoms with Gasteiger partial charge >= 0.3 is 0 Å². The lowest BCUT2D eigenvalue weighted by atomic mass is 9.92. The van der Waals surface area contributed by atoms with Crippen LogP contribution in [0.15, 0.2) is 144 Å². The van der Waals surface area contributed by atoms with Crippen LogP contribution < -0.4 is 0 Å². The molecule has 0 bridgehead atoms. The lowest BCUT2D eigenvalue weighted by Gasteiger charge is -2.22. The largest absolute Gasteiger partial charge is 0.300 e. The quantitative estimate of drug-likeness (QED) is 0.173. The average Bonchev–Trinajstić information content (AvgIpc) is 3.71. The first kappa shape index (κ1) is 28.9. The first-order valence-corrected chi connectivity index (χ1v) is 16.4. The number of para-hydroxylation sites is 4. The second kappa shape index (κ2) is 12.3. The van der Waals surface area contributed by atoms with Crippen LogP contribution in [0.1, 0.15) is 50.7 Å². The molecule has 2 aromatic heterocycles. The van der Waals surface area contributed by atoms with Gasteiger partial charge in [-0.05, 0) is 71.5 Å². The molecule has 0 atom stereocenters. The molecular weight excluding hydrogens is 569 g/mol. The van der Waals surface area contributed by atoms with Crippen molar-refractivity contribution in [1.29, 1.82) is 0 Å². The normalized spacial score (nSPS) is 11.6. The van der Waals surface area contributed by atoms with Gasteiger partial charge < -0.3 is 0 Å². The number of hydrogen-bond acceptors (Lipinski definition) is 3. The molecular formula is C40H36N4S. The van der Waals surface area contributed by atoms with Gasteiger partial charge in [-0.1, -0.05) is 112 Å². The van der Waals surface area contributed by atoms with Crippen molar-refractivity contribution < 1.29 is 0 Å². The van der Waals surface area contributed by atoms with Crippen molar-refractivity contribution in [1.82, 2.24) is 19.1 Å². The van der Waals surface area contributed by atoms with Gasteiger partial charge in [0.05, 0.1) is 16.7 Å². The summed E-state index contributed by atoms with van der Waals surface area (Å²) in [5.74, 6) is 2.64. The Labute approximate surface area is 269 Å². The summed E-state index contributed by atoms with van der Waals surface area (Å²) in [5, 5.41) is 0. The van der Waals surface area contributed by atoms with E-state index in [9.17, 15) is 0 Å². The fraction of sp³-hybridized carbons (Fsp3) is 0.150. The van der Waals surface area contributed by atoms with E-state index in [4.69, 9.17) is 9.97 Å². The Bertz CT molecular complexity index is 2080. The smallest absolute Gasteiger partial charge is 0.145 e. The van der Waals surface area contributed by atoms with E-state index in [1.165, 1.54) is 16.8 Å². The lowest BCUT2D eigenvalue weighted by Crippen LogP contribution is -2.08. The van der Waals surface area contributed by atoms with Gasteiger partial charge in [0.2, 0.25) is 0 Å². The van der Waals surface area contributed by atoms with Crippen LogP contribution in [0.4, 0.5) is 0 Å². The first-order valence-electron chi connectivity index (χ1n) is 15.6. The molecule has 5 aromatic carbocycles. The van der Waals surface area contributed by atoms with Gasteiger partial charge in [-0.15, -0.1) is 0 Å². The summed E-state index contributed by atoms with van der Waals surface area (Å²) in [6.07, 6.45) is 3.88. The van der Waals surface area contributed by atoms with Gasteiger partial charge in [0.15, 0.2) is 0 Å². The van der Waals surface area contributed by atoms with Gasteiger partial charge in [-0.3, -0.25) is 9.13 Å². The predicted octanol–water partition coefficient (Wildman–Crippen LogP) is 10.9. The summed E-state index contributed by atoms with van der Waals surface area (Å²) in [7, 11) is 0. The summed E-state index contributed by atoms with van der Waals surface area (Å²) in [4.78, 5) is 12.3. The standard InChI is InChI=1S/C40H36N4S/c1-27(2)34-19-12-20-35(28(3)4)38(34)44-37-22-9-8-21-36(37)42-40(44)30-14-11-18-33(26-30)45-32-17-10-13-29(25-32)39-41-23-24-43(39)31-15-6-5-7-16-31/h5-28H,1-4H3. The van der Waals surface area contributed by atoms with Crippen molar-refractivity contribution >= 4 is 22.8 Å². The SMILES string of the molecule is CC(C)c1cccc(C(C)C)c1-n1c(-c2cccc(Sc3cccc(-c4nccn4-c4ccccc4)c3)c2)nc2ccccc21. The predicted molar refractivity (Wildman–Crippen MR) is 188 cm³/mol. The minimum Gasteiger partial charge on any atom is -0.300 e. The maximum Gasteiger partial charge on any atom is 0.145 e. The Morgan fingerprint density at radius 2 is 1.20 bits per heavy atom. The van der Waals surface area contributed by atoms with Crippen LogP contribution in [-0.4, -0.2) is 19.1 Å². The van der Waals surface area contributed by atoms with E-state index >= 15 is 0 Å². The molecule has 0 radical (unpaired) electrons. The van der Waals surface area contributed by atoms with Crippen molar-refractivity contribution in [2.75, 3.05) is 0 Å². The number of aromatic nitrogens is 4. The molecule has 7 rings (SSSR count). The molecule has 2 heterocycles. The number of imidazole rings is 2. The Morgan fingerprint density at radius 1 is 0.600 bits per heavy atom. The van der Waals surface area contributed by atoms with Gasteiger partial charge in [-0.25, -0.2) is 9.97 Å². The summed E-state index contributed by atoms with van der Waals surface area (Å²) in [5.41, 5.74) is 9.33. The number of benzene rings is 5. The molecule has 0 amide bonds. The van der Waals surface area contributed by atoms with Crippen LogP contribution in [-0.2, 0) is 0 Å². The molecule has 0 aliphatic rings. The Hall–Kier alpha value is -4.87. The van der Waals surface area contributed by atoms with Gasteiger partial charge in [0.1, 0.15) is 11.6 Å². The zero-order valence-corrected chi connectivity index (χ0v) is 26.9. The molecule has 222 valence electrons. The van der Waals surface area contributed by atoms with E-state index in [1.807, 2.05) is 18.5 Å². The molecule has 0 fully saturated rings. The minimum atomic E-state index is 0.374. The monoisotopic (exact) mass is 604 g/mol. The second-order valence-corrected chi connectivity index (χ2v) is 13.1. The molecule has 0 aliphatic carbocycles. The Balaban J connectivity index is 1.30. The van der Waals surface area contributed by atoms with Crippen molar-refractivity contribution in [2.24, 2.45) is 0 Å². The second-order valence-electron chi connectivity index (χ2n) is 12.0. The molecule has 0 N–H and O–H groups in total. The van der Waals surface area contributed by atoms with E-state index in [1.54, 1.807) is 11.8 Å². The summed E-state index contributed by atoms with van der Waals surface area (Å²) >= 11 is 1.76. The maximum absolute atomic E-state index is 5.24. The highest BCUT2D eigenvalue weighted by Crippen LogP contribution is 2.39. The summed E-state index contributed by atoms with van der Waals surface area (Å²) in [6.45, 7) is 9.11. The molecule has 4 nitrogen and oxygen atoms in total. The molecule has 0 saturated heterocycles. The number of rotatable bonds is 8. The number of fused-ring (bicyclic) bond motifs is 1. The number of nitrogens with zero attached hydrogens (tertiary/aromatic N) is 4. The fourth-order valence-electron chi connectivity index (χ4n) is 6.06. The highest BCUT2D eigenvalue weighted by Gasteiger charge is 2.22. The van der Waals surface area contributed by atoms with E-state index < -0.39 is 0 Å². The van der Waals surface area contributed by atoms with E-state index in [-0.39, 0.29) is 0 Å². The van der Waals surface area contributed by atoms with Crippen molar-refractivity contribution in [3.05, 3.63) is 145 Å². The molecule has 0 aliphatic heterocycles. The third-order valence-corrected chi connectivity index (χ3v) is 9.20. The number of hydrogen-bond donors (Lipinski definition) is 0. The molecule has 0 saturated carbocycles. The first-order chi connectivity index (χ1) is 22.0. The highest BCUT2D eigenvalue weighted by molar-refractivity contribution is 7.99. The van der Waals surface area contributed by atoms with Crippen molar-refractivity contribution in [3.63, 3.8) is 0 Å². The lowest BCUT2D eigenvalue weighted by molar-refractivity contribution is 0.811. The third kappa shape index (κ3) is 5.60. The van der Waals surface area contributed by atoms with E-state index in [0.717, 1.165) is 49.3 Å². The van der Waals surface area contributed by atoms with E-state index in [0.29, 0.717) is 11.8 Å². The van der Waals surface area contributed by atoms with Crippen LogP contribution in [0.2, 0.25) is 0 Å². The molecule has 0 spiro atoms. The zero-order chi connectivity index (χ0) is 30.9. The summed E-state index contributed by atoms with van der Waals surface area (Å²) in [6, 6.07) is 43.0. The van der Waals surface area contributed by atoms with Crippen LogP contribution in [0.5, 0.6) is 0 Å². The fourth-order valence-corrected chi connectivity index (χ4v) is 7.00. The summed E-state index contributed by atoms with van der Waals surface area (Å²) < 4.78 is 4.53. The van der Waals surface area contributed by atoms with Crippen LogP contribution in [0.25, 0.3) is 45.2 Å². The van der Waals surface area contributed by atoms with Gasteiger partial charge in [0, 0.05) is 39.0 Å². The molecule has 45 heavy (non-hydrogen) atoms. The molecule has 0 unspecified atom stereocenters. The molecule has 7 aromatic rings. The van der Waals surface area contributed by atoms with Crippen LogP contribution in [0, 0.1) is 0 Å². The van der Waals surface area contributed by atoms with Gasteiger partial charge in [-0.2, -0.15) is 0 Å². The highest BCUT2D eigenvalue weighted by atomic mass is 32.2. The molecule has 5 heteroatoms. The minimum absolute atomic E-state index is 0.374. The van der Waals surface area contributed by atoms with E-state index in [2.05, 4.69) is 152 Å². The van der Waals surface area contributed by atoms with Crippen molar-refractivity contribution in [2.45, 2.75) is 49.3 Å². The maximum atomic E-state index is 5.24. The van der Waals surface area contributed by atoms with Crippen LogP contribution >= 0.6 is 11.8 Å².